The summed E-state index contributed by atoms with van der Waals surface area (Å²) in [4.78, 5) is 14.8. The van der Waals surface area contributed by atoms with E-state index in [4.69, 9.17) is 4.74 Å². The number of fused-ring (bicyclic) bond motifs is 1. The van der Waals surface area contributed by atoms with Crippen molar-refractivity contribution >= 4 is 10.8 Å². The molecule has 1 saturated heterocycles. The number of hydrogen-bond donors (Lipinski definition) is 1. The number of hydrogen-bond acceptors (Lipinski definition) is 4. The summed E-state index contributed by atoms with van der Waals surface area (Å²) in [7, 11) is 1.39. The zero-order valence-electron chi connectivity index (χ0n) is 14.7. The van der Waals surface area contributed by atoms with Gasteiger partial charge in [0.25, 0.3) is 5.56 Å². The van der Waals surface area contributed by atoms with Gasteiger partial charge in [-0.3, -0.25) is 4.79 Å². The molecule has 136 valence electrons. The van der Waals surface area contributed by atoms with Gasteiger partial charge in [-0.1, -0.05) is 6.92 Å². The van der Waals surface area contributed by atoms with Crippen molar-refractivity contribution in [2.45, 2.75) is 32.4 Å². The molecule has 1 fully saturated rings. The van der Waals surface area contributed by atoms with Gasteiger partial charge in [0.15, 0.2) is 11.6 Å². The maximum absolute atomic E-state index is 13.9. The summed E-state index contributed by atoms with van der Waals surface area (Å²) in [6, 6.07) is 4.46. The lowest BCUT2D eigenvalue weighted by Crippen LogP contribution is -2.40. The van der Waals surface area contributed by atoms with Crippen molar-refractivity contribution in [3.05, 3.63) is 40.6 Å². The van der Waals surface area contributed by atoms with Gasteiger partial charge in [-0.25, -0.2) is 4.39 Å². The smallest absolute Gasteiger partial charge is 0.258 e. The molecular formula is C19H25FN2O3. The van der Waals surface area contributed by atoms with Gasteiger partial charge in [-0.2, -0.15) is 0 Å². The molecule has 0 spiro atoms. The number of rotatable bonds is 5. The lowest BCUT2D eigenvalue weighted by Gasteiger charge is -2.31. The fraction of sp³-hybridized carbons (Fsp3) is 0.526. The molecule has 5 nitrogen and oxygen atoms in total. The maximum atomic E-state index is 13.9. The third-order valence-electron chi connectivity index (χ3n) is 5.00. The number of halogens is 1. The predicted molar refractivity (Wildman–Crippen MR) is 95.6 cm³/mol. The number of ether oxygens (including phenoxy) is 1. The Morgan fingerprint density at radius 3 is 2.72 bits per heavy atom. The fourth-order valence-corrected chi connectivity index (χ4v) is 3.41. The van der Waals surface area contributed by atoms with E-state index in [1.54, 1.807) is 12.3 Å². The van der Waals surface area contributed by atoms with Crippen LogP contribution in [0.4, 0.5) is 4.39 Å². The molecule has 0 aliphatic carbocycles. The molecule has 0 amide bonds. The van der Waals surface area contributed by atoms with Crippen LogP contribution >= 0.6 is 0 Å². The highest BCUT2D eigenvalue weighted by molar-refractivity contribution is 5.83. The second kappa shape index (κ2) is 7.54. The molecule has 3 rings (SSSR count). The minimum absolute atomic E-state index is 0.115. The molecule has 0 radical (unpaired) electrons. The quantitative estimate of drug-likeness (QED) is 0.900. The molecular weight excluding hydrogens is 323 g/mol. The molecule has 1 aromatic heterocycles. The van der Waals surface area contributed by atoms with Gasteiger partial charge in [-0.15, -0.1) is 0 Å². The topological polar surface area (TPSA) is 54.7 Å². The van der Waals surface area contributed by atoms with Crippen LogP contribution in [0.1, 0.15) is 19.8 Å². The Hall–Kier alpha value is -1.92. The van der Waals surface area contributed by atoms with Gasteiger partial charge >= 0.3 is 0 Å². The van der Waals surface area contributed by atoms with Crippen molar-refractivity contribution in [3.63, 3.8) is 0 Å². The van der Waals surface area contributed by atoms with Crippen molar-refractivity contribution in [2.75, 3.05) is 26.7 Å². The normalized spacial score (nSPS) is 17.8. The largest absolute Gasteiger partial charge is 0.494 e. The summed E-state index contributed by atoms with van der Waals surface area (Å²) in [5.74, 6) is 0.292. The number of aromatic nitrogens is 1. The van der Waals surface area contributed by atoms with Crippen LogP contribution in [0.2, 0.25) is 0 Å². The van der Waals surface area contributed by atoms with E-state index in [0.717, 1.165) is 31.8 Å². The van der Waals surface area contributed by atoms with Gasteiger partial charge in [0.05, 0.1) is 25.1 Å². The molecule has 2 aromatic rings. The third-order valence-corrected chi connectivity index (χ3v) is 5.00. The van der Waals surface area contributed by atoms with Gasteiger partial charge in [-0.05, 0) is 55.4 Å². The number of aliphatic hydroxyl groups is 1. The van der Waals surface area contributed by atoms with Gasteiger partial charge in [0.2, 0.25) is 0 Å². The zero-order chi connectivity index (χ0) is 18.0. The minimum atomic E-state index is -0.633. The van der Waals surface area contributed by atoms with Crippen LogP contribution in [-0.2, 0) is 6.54 Å². The Balaban J connectivity index is 1.75. The SMILES string of the molecule is COc1cc2ccn(C[C@H](O)CN3CCC(C)CC3)c(=O)c2cc1F. The van der Waals surface area contributed by atoms with Crippen molar-refractivity contribution < 1.29 is 14.2 Å². The Bertz CT molecular complexity index is 797. The number of methoxy groups -OCH3 is 1. The van der Waals surface area contributed by atoms with Gasteiger partial charge < -0.3 is 19.3 Å². The van der Waals surface area contributed by atoms with Crippen LogP contribution in [0.15, 0.2) is 29.2 Å². The second-order valence-electron chi connectivity index (χ2n) is 6.98. The van der Waals surface area contributed by atoms with E-state index in [9.17, 15) is 14.3 Å². The van der Waals surface area contributed by atoms with E-state index in [0.29, 0.717) is 17.3 Å². The summed E-state index contributed by atoms with van der Waals surface area (Å²) in [5.41, 5.74) is -0.301. The van der Waals surface area contributed by atoms with E-state index in [1.807, 2.05) is 0 Å². The van der Waals surface area contributed by atoms with Crippen LogP contribution in [0.3, 0.4) is 0 Å². The van der Waals surface area contributed by atoms with Crippen molar-refractivity contribution in [2.24, 2.45) is 5.92 Å². The van der Waals surface area contributed by atoms with E-state index >= 15 is 0 Å². The zero-order valence-corrected chi connectivity index (χ0v) is 14.7. The van der Waals surface area contributed by atoms with Crippen molar-refractivity contribution in [1.29, 1.82) is 0 Å². The fourth-order valence-electron chi connectivity index (χ4n) is 3.41. The maximum Gasteiger partial charge on any atom is 0.258 e. The number of piperidine rings is 1. The summed E-state index contributed by atoms with van der Waals surface area (Å²) in [6.45, 7) is 4.96. The first-order valence-electron chi connectivity index (χ1n) is 8.75. The van der Waals surface area contributed by atoms with Crippen LogP contribution in [0.5, 0.6) is 5.75 Å². The first-order valence-corrected chi connectivity index (χ1v) is 8.75. The van der Waals surface area contributed by atoms with Gasteiger partial charge in [0.1, 0.15) is 0 Å². The van der Waals surface area contributed by atoms with Crippen LogP contribution in [0, 0.1) is 11.7 Å². The van der Waals surface area contributed by atoms with Crippen molar-refractivity contribution in [3.8, 4) is 5.75 Å². The number of aliphatic hydroxyl groups excluding tert-OH is 1. The Morgan fingerprint density at radius 1 is 1.32 bits per heavy atom. The second-order valence-corrected chi connectivity index (χ2v) is 6.98. The minimum Gasteiger partial charge on any atom is -0.494 e. The average Bonchev–Trinajstić information content (AvgIpc) is 2.59. The summed E-state index contributed by atoms with van der Waals surface area (Å²) >= 11 is 0. The monoisotopic (exact) mass is 348 g/mol. The van der Waals surface area contributed by atoms with E-state index < -0.39 is 11.9 Å². The standard InChI is InChI=1S/C19H25FN2O3/c1-13-3-6-21(7-4-13)11-15(23)12-22-8-5-14-9-18(25-2)17(20)10-16(14)19(22)24/h5,8-10,13,15,23H,3-4,6-7,11-12H2,1-2H3/t15-/m1/s1. The number of nitrogens with zero attached hydrogens (tertiary/aromatic N) is 2. The molecule has 1 atom stereocenters. The first kappa shape index (κ1) is 17.9. The van der Waals surface area contributed by atoms with Crippen LogP contribution in [-0.4, -0.2) is 47.4 Å². The number of benzene rings is 1. The highest BCUT2D eigenvalue weighted by atomic mass is 19.1. The molecule has 1 aliphatic rings. The highest BCUT2D eigenvalue weighted by Crippen LogP contribution is 2.22. The lowest BCUT2D eigenvalue weighted by molar-refractivity contribution is 0.0796. The Kier molecular flexibility index (Phi) is 5.39. The van der Waals surface area contributed by atoms with Crippen LogP contribution in [0.25, 0.3) is 10.8 Å². The van der Waals surface area contributed by atoms with E-state index in [2.05, 4.69) is 11.8 Å². The molecule has 6 heteroatoms. The van der Waals surface area contributed by atoms with Crippen molar-refractivity contribution in [1.82, 2.24) is 9.47 Å². The molecule has 2 heterocycles. The van der Waals surface area contributed by atoms with E-state index in [1.165, 1.54) is 23.8 Å². The van der Waals surface area contributed by atoms with Crippen LogP contribution < -0.4 is 10.3 Å². The average molecular weight is 348 g/mol. The molecule has 0 saturated carbocycles. The molecule has 0 bridgehead atoms. The number of β-amino-alcohol motifs (C(OH)–C–C–N with tert-alkyl or cyclic N) is 1. The first-order chi connectivity index (χ1) is 12.0. The summed E-state index contributed by atoms with van der Waals surface area (Å²) < 4.78 is 20.3. The Labute approximate surface area is 146 Å². The molecule has 1 aliphatic heterocycles. The summed E-state index contributed by atoms with van der Waals surface area (Å²) in [6.07, 6.45) is 3.29. The Morgan fingerprint density at radius 2 is 2.04 bits per heavy atom. The molecule has 1 aromatic carbocycles. The summed E-state index contributed by atoms with van der Waals surface area (Å²) in [5, 5.41) is 11.3. The number of likely N-dealkylation sites (tertiary alicyclic amines) is 1. The lowest BCUT2D eigenvalue weighted by atomic mass is 9.99. The third kappa shape index (κ3) is 4.02. The van der Waals surface area contributed by atoms with E-state index in [-0.39, 0.29) is 17.9 Å². The molecule has 25 heavy (non-hydrogen) atoms. The van der Waals surface area contributed by atoms with Gasteiger partial charge in [0, 0.05) is 12.7 Å². The molecule has 1 N–H and O–H groups in total. The number of pyridine rings is 1. The predicted octanol–water partition coefficient (Wildman–Crippen LogP) is 2.24. The highest BCUT2D eigenvalue weighted by Gasteiger charge is 2.19. The molecule has 0 unspecified atom stereocenters.